The molecule has 0 heterocycles. The lowest BCUT2D eigenvalue weighted by molar-refractivity contribution is 0.257. The average molecular weight is 745 g/mol. The number of aliphatic hydroxyl groups excluding tert-OH is 1. The van der Waals surface area contributed by atoms with Crippen LogP contribution in [0.3, 0.4) is 0 Å². The number of benzene rings is 7. The van der Waals surface area contributed by atoms with Gasteiger partial charge in [-0.15, -0.1) is 0 Å². The zero-order chi connectivity index (χ0) is 38.2. The maximum Gasteiger partial charge on any atom is 0.130 e. The minimum absolute atomic E-state index is 0.175. The fraction of sp³-hybridized carbons (Fsp3) is 0.143. The summed E-state index contributed by atoms with van der Waals surface area (Å²) >= 11 is 0. The summed E-state index contributed by atoms with van der Waals surface area (Å²) in [5.74, 6) is 3.82. The van der Waals surface area contributed by atoms with Crippen LogP contribution in [0.2, 0.25) is 0 Å². The van der Waals surface area contributed by atoms with Crippen LogP contribution in [-0.2, 0) is 46.2 Å². The molecular weight excluding hydrogens is 701 g/mol. The van der Waals surface area contributed by atoms with E-state index in [9.17, 15) is 5.11 Å². The second-order valence-electron chi connectivity index (χ2n) is 13.2. The van der Waals surface area contributed by atoms with Gasteiger partial charge in [-0.1, -0.05) is 121 Å². The van der Waals surface area contributed by atoms with Gasteiger partial charge in [0.1, 0.15) is 74.1 Å². The van der Waals surface area contributed by atoms with Crippen LogP contribution in [0.25, 0.3) is 0 Å². The first-order valence-corrected chi connectivity index (χ1v) is 18.6. The standard InChI is InChI=1S/C49H44O7/c50-30-41-25-46(53-35-42-21-23-44(51-31-37-13-5-1-6-14-37)28-48(42)55-33-39-17-9-3-10-18-39)27-47(26-41)54-36-43-22-24-45(52-32-38-15-7-2-8-16-38)29-49(43)56-34-40-19-11-4-12-20-40/h1-29,50H,30-36H2. The van der Waals surface area contributed by atoms with Crippen molar-refractivity contribution in [3.8, 4) is 34.5 Å². The van der Waals surface area contributed by atoms with E-state index >= 15 is 0 Å². The second kappa shape index (κ2) is 19.6. The molecule has 7 aromatic rings. The van der Waals surface area contributed by atoms with E-state index in [2.05, 4.69) is 0 Å². The third kappa shape index (κ3) is 11.2. The van der Waals surface area contributed by atoms with Crippen LogP contribution >= 0.6 is 0 Å². The van der Waals surface area contributed by atoms with E-state index < -0.39 is 0 Å². The molecule has 0 spiro atoms. The first-order valence-electron chi connectivity index (χ1n) is 18.6. The zero-order valence-electron chi connectivity index (χ0n) is 31.1. The molecule has 0 saturated heterocycles. The minimum Gasteiger partial charge on any atom is -0.489 e. The Morgan fingerprint density at radius 2 is 0.625 bits per heavy atom. The number of ether oxygens (including phenoxy) is 6. The van der Waals surface area contributed by atoms with Gasteiger partial charge in [-0.3, -0.25) is 0 Å². The molecule has 0 unspecified atom stereocenters. The van der Waals surface area contributed by atoms with Crippen molar-refractivity contribution < 1.29 is 33.5 Å². The smallest absolute Gasteiger partial charge is 0.130 e. The van der Waals surface area contributed by atoms with Gasteiger partial charge in [0.2, 0.25) is 0 Å². The number of aliphatic hydroxyl groups is 1. The molecule has 7 aromatic carbocycles. The molecule has 0 amide bonds. The van der Waals surface area contributed by atoms with Gasteiger partial charge in [-0.2, -0.15) is 0 Å². The Morgan fingerprint density at radius 1 is 0.286 bits per heavy atom. The van der Waals surface area contributed by atoms with Crippen molar-refractivity contribution in [1.29, 1.82) is 0 Å². The monoisotopic (exact) mass is 744 g/mol. The number of rotatable bonds is 19. The van der Waals surface area contributed by atoms with E-state index in [0.717, 1.165) is 33.4 Å². The molecule has 0 fully saturated rings. The quantitative estimate of drug-likeness (QED) is 0.0883. The highest BCUT2D eigenvalue weighted by Gasteiger charge is 2.13. The van der Waals surface area contributed by atoms with E-state index in [1.165, 1.54) is 0 Å². The average Bonchev–Trinajstić information content (AvgIpc) is 3.26. The van der Waals surface area contributed by atoms with Gasteiger partial charge in [-0.05, 0) is 64.2 Å². The summed E-state index contributed by atoms with van der Waals surface area (Å²) < 4.78 is 37.5. The van der Waals surface area contributed by atoms with Crippen molar-refractivity contribution in [2.75, 3.05) is 0 Å². The van der Waals surface area contributed by atoms with Gasteiger partial charge in [0, 0.05) is 29.3 Å². The molecule has 282 valence electrons. The summed E-state index contributed by atoms with van der Waals surface area (Å²) in [7, 11) is 0. The van der Waals surface area contributed by atoms with Crippen molar-refractivity contribution in [2.24, 2.45) is 0 Å². The first kappa shape index (κ1) is 37.6. The Balaban J connectivity index is 1.05. The Labute approximate surface area is 328 Å². The van der Waals surface area contributed by atoms with E-state index in [1.807, 2.05) is 176 Å². The molecule has 0 aliphatic carbocycles. The van der Waals surface area contributed by atoms with Gasteiger partial charge in [-0.25, -0.2) is 0 Å². The minimum atomic E-state index is -0.175. The Morgan fingerprint density at radius 3 is 0.982 bits per heavy atom. The van der Waals surface area contributed by atoms with Crippen LogP contribution in [0.1, 0.15) is 38.9 Å². The van der Waals surface area contributed by atoms with Crippen LogP contribution in [-0.4, -0.2) is 5.11 Å². The fourth-order valence-corrected chi connectivity index (χ4v) is 5.92. The summed E-state index contributed by atoms with van der Waals surface area (Å²) in [5.41, 5.74) is 6.61. The highest BCUT2D eigenvalue weighted by Crippen LogP contribution is 2.32. The predicted octanol–water partition coefficient (Wildman–Crippen LogP) is 10.7. The lowest BCUT2D eigenvalue weighted by Crippen LogP contribution is -2.05. The summed E-state index contributed by atoms with van der Waals surface area (Å²) in [6, 6.07) is 57.1. The van der Waals surface area contributed by atoms with Gasteiger partial charge < -0.3 is 33.5 Å². The Bertz CT molecular complexity index is 2090. The molecule has 7 heteroatoms. The topological polar surface area (TPSA) is 75.6 Å². The van der Waals surface area contributed by atoms with Gasteiger partial charge in [0.15, 0.2) is 0 Å². The third-order valence-electron chi connectivity index (χ3n) is 8.96. The fourth-order valence-electron chi connectivity index (χ4n) is 5.92. The van der Waals surface area contributed by atoms with Crippen LogP contribution < -0.4 is 28.4 Å². The highest BCUT2D eigenvalue weighted by molar-refractivity contribution is 5.44. The van der Waals surface area contributed by atoms with Crippen molar-refractivity contribution in [3.63, 3.8) is 0 Å². The van der Waals surface area contributed by atoms with Gasteiger partial charge in [0.05, 0.1) is 6.61 Å². The van der Waals surface area contributed by atoms with E-state index in [1.54, 1.807) is 0 Å². The number of hydrogen-bond donors (Lipinski definition) is 1. The molecule has 0 bridgehead atoms. The lowest BCUT2D eigenvalue weighted by Gasteiger charge is -2.17. The van der Waals surface area contributed by atoms with Crippen molar-refractivity contribution in [1.82, 2.24) is 0 Å². The molecular formula is C49H44O7. The predicted molar refractivity (Wildman–Crippen MR) is 217 cm³/mol. The largest absolute Gasteiger partial charge is 0.489 e. The van der Waals surface area contributed by atoms with Crippen molar-refractivity contribution >= 4 is 0 Å². The van der Waals surface area contributed by atoms with Gasteiger partial charge >= 0.3 is 0 Å². The normalized spacial score (nSPS) is 10.7. The molecule has 7 rings (SSSR count). The highest BCUT2D eigenvalue weighted by atomic mass is 16.5. The summed E-state index contributed by atoms with van der Waals surface area (Å²) in [5, 5.41) is 10.1. The molecule has 0 aromatic heterocycles. The van der Waals surface area contributed by atoms with E-state index in [-0.39, 0.29) is 19.8 Å². The molecule has 0 saturated carbocycles. The molecule has 0 aliphatic rings. The van der Waals surface area contributed by atoms with Gasteiger partial charge in [0.25, 0.3) is 0 Å². The first-order chi connectivity index (χ1) is 27.7. The molecule has 0 atom stereocenters. The molecule has 1 N–H and O–H groups in total. The van der Waals surface area contributed by atoms with Crippen LogP contribution in [0.4, 0.5) is 0 Å². The van der Waals surface area contributed by atoms with Crippen LogP contribution in [0.15, 0.2) is 176 Å². The van der Waals surface area contributed by atoms with Crippen molar-refractivity contribution in [3.05, 3.63) is 215 Å². The third-order valence-corrected chi connectivity index (χ3v) is 8.96. The molecule has 7 nitrogen and oxygen atoms in total. The van der Waals surface area contributed by atoms with E-state index in [4.69, 9.17) is 28.4 Å². The summed E-state index contributed by atoms with van der Waals surface area (Å²) in [4.78, 5) is 0. The molecule has 0 radical (unpaired) electrons. The lowest BCUT2D eigenvalue weighted by atomic mass is 10.1. The SMILES string of the molecule is OCc1cc(OCc2ccc(OCc3ccccc3)cc2OCc2ccccc2)cc(OCc2ccc(OCc3ccccc3)cc2OCc2ccccc2)c1. The number of hydrogen-bond acceptors (Lipinski definition) is 7. The molecule has 0 aliphatic heterocycles. The Kier molecular flexibility index (Phi) is 13.1. The second-order valence-corrected chi connectivity index (χ2v) is 13.2. The zero-order valence-corrected chi connectivity index (χ0v) is 31.1. The van der Waals surface area contributed by atoms with Crippen LogP contribution in [0, 0.1) is 0 Å². The molecule has 56 heavy (non-hydrogen) atoms. The van der Waals surface area contributed by atoms with E-state index in [0.29, 0.717) is 66.5 Å². The maximum absolute atomic E-state index is 10.1. The summed E-state index contributed by atoms with van der Waals surface area (Å²) in [6.07, 6.45) is 0. The maximum atomic E-state index is 10.1. The summed E-state index contributed by atoms with van der Waals surface area (Å²) in [6.45, 7) is 1.94. The van der Waals surface area contributed by atoms with Crippen LogP contribution in [0.5, 0.6) is 34.5 Å². The van der Waals surface area contributed by atoms with Crippen molar-refractivity contribution in [2.45, 2.75) is 46.2 Å². The Hall–Kier alpha value is -6.70.